The van der Waals surface area contributed by atoms with Gasteiger partial charge in [-0.1, -0.05) is 57.8 Å². The van der Waals surface area contributed by atoms with Crippen LogP contribution >= 0.6 is 0 Å². The molecule has 0 bridgehead atoms. The van der Waals surface area contributed by atoms with Gasteiger partial charge in [0, 0.05) is 12.5 Å². The smallest absolute Gasteiger partial charge is 0.421 e. The van der Waals surface area contributed by atoms with Gasteiger partial charge in [0.2, 0.25) is 0 Å². The van der Waals surface area contributed by atoms with E-state index in [1.807, 2.05) is 0 Å². The van der Waals surface area contributed by atoms with Gasteiger partial charge >= 0.3 is 6.09 Å². The van der Waals surface area contributed by atoms with Crippen molar-refractivity contribution in [1.29, 1.82) is 0 Å². The van der Waals surface area contributed by atoms with Crippen molar-refractivity contribution in [3.05, 3.63) is 0 Å². The summed E-state index contributed by atoms with van der Waals surface area (Å²) in [5.41, 5.74) is 0. The second-order valence-electron chi connectivity index (χ2n) is 4.78. The predicted molar refractivity (Wildman–Crippen MR) is 73.1 cm³/mol. The highest BCUT2D eigenvalue weighted by Gasteiger charge is 2.19. The predicted octanol–water partition coefficient (Wildman–Crippen LogP) is 3.93. The quantitative estimate of drug-likeness (QED) is 0.483. The second kappa shape index (κ2) is 9.82. The molecule has 3 heteroatoms. The van der Waals surface area contributed by atoms with Gasteiger partial charge in [-0.15, -0.1) is 0 Å². The van der Waals surface area contributed by atoms with Crippen molar-refractivity contribution in [3.8, 4) is 12.0 Å². The highest BCUT2D eigenvalue weighted by atomic mass is 16.6. The molecule has 1 heterocycles. The number of unbranched alkanes of at least 4 members (excludes halogenated alkanes) is 8. The van der Waals surface area contributed by atoms with Gasteiger partial charge in [-0.3, -0.25) is 0 Å². The number of carbonyl (C=O) groups is 1. The molecule has 1 saturated heterocycles. The number of carbonyl (C=O) groups excluding carboxylic acids is 1. The van der Waals surface area contributed by atoms with Crippen LogP contribution in [0.3, 0.4) is 0 Å². The third-order valence-electron chi connectivity index (χ3n) is 3.13. The van der Waals surface area contributed by atoms with Gasteiger partial charge in [0.05, 0.1) is 6.54 Å². The van der Waals surface area contributed by atoms with Crippen molar-refractivity contribution in [2.75, 3.05) is 13.2 Å². The fraction of sp³-hybridized carbons (Fsp3) is 0.800. The van der Waals surface area contributed by atoms with Crippen LogP contribution in [0.15, 0.2) is 0 Å². The number of amides is 1. The molecule has 0 aromatic carbocycles. The molecule has 0 aromatic heterocycles. The maximum atomic E-state index is 11.1. The number of nitrogens with zero attached hydrogens (tertiary/aromatic N) is 1. The number of cyclic esters (lactones) is 1. The normalized spacial score (nSPS) is 14.3. The van der Waals surface area contributed by atoms with Crippen LogP contribution in [-0.2, 0) is 4.74 Å². The van der Waals surface area contributed by atoms with E-state index in [0.29, 0.717) is 13.2 Å². The van der Waals surface area contributed by atoms with Crippen LogP contribution in [0, 0.1) is 12.0 Å². The van der Waals surface area contributed by atoms with E-state index in [1.165, 1.54) is 49.8 Å². The standard InChI is InChI=1S/C15H25NO2/c1-2-3-4-5-6-7-8-9-10-11-12-16-13-14-18-15(16)17/h2-10,13-14H2,1H3. The molecule has 0 N–H and O–H groups in total. The summed E-state index contributed by atoms with van der Waals surface area (Å²) >= 11 is 0. The Labute approximate surface area is 111 Å². The lowest BCUT2D eigenvalue weighted by Gasteiger charge is -2.00. The van der Waals surface area contributed by atoms with Gasteiger partial charge in [0.25, 0.3) is 0 Å². The number of rotatable bonds is 8. The molecule has 1 rings (SSSR count). The van der Waals surface area contributed by atoms with E-state index in [0.717, 1.165) is 12.8 Å². The minimum Gasteiger partial charge on any atom is -0.447 e. The highest BCUT2D eigenvalue weighted by molar-refractivity contribution is 5.71. The Morgan fingerprint density at radius 1 is 1.11 bits per heavy atom. The van der Waals surface area contributed by atoms with Gasteiger partial charge in [0.15, 0.2) is 0 Å². The first-order valence-corrected chi connectivity index (χ1v) is 7.27. The number of ether oxygens (including phenoxy) is 1. The lowest BCUT2D eigenvalue weighted by Crippen LogP contribution is -2.17. The van der Waals surface area contributed by atoms with Crippen LogP contribution in [0.25, 0.3) is 0 Å². The minimum absolute atomic E-state index is 0.293. The summed E-state index contributed by atoms with van der Waals surface area (Å²) in [6.07, 6.45) is 11.1. The lowest BCUT2D eigenvalue weighted by atomic mass is 10.1. The van der Waals surface area contributed by atoms with Crippen LogP contribution in [-0.4, -0.2) is 24.1 Å². The molecule has 1 amide bonds. The molecule has 18 heavy (non-hydrogen) atoms. The van der Waals surface area contributed by atoms with E-state index in [9.17, 15) is 4.79 Å². The second-order valence-corrected chi connectivity index (χ2v) is 4.78. The van der Waals surface area contributed by atoms with Crippen LogP contribution in [0.2, 0.25) is 0 Å². The Morgan fingerprint density at radius 2 is 1.78 bits per heavy atom. The Balaban J connectivity index is 1.89. The minimum atomic E-state index is -0.293. The summed E-state index contributed by atoms with van der Waals surface area (Å²) in [6, 6.07) is 2.86. The Kier molecular flexibility index (Phi) is 8.12. The average molecular weight is 251 g/mol. The first kappa shape index (κ1) is 14.9. The summed E-state index contributed by atoms with van der Waals surface area (Å²) in [6.45, 7) is 3.34. The van der Waals surface area contributed by atoms with Crippen molar-refractivity contribution in [2.45, 2.75) is 64.7 Å². The van der Waals surface area contributed by atoms with E-state index < -0.39 is 0 Å². The Hall–Kier alpha value is -1.17. The monoisotopic (exact) mass is 251 g/mol. The summed E-state index contributed by atoms with van der Waals surface area (Å²) in [5.74, 6) is 3.04. The third-order valence-corrected chi connectivity index (χ3v) is 3.13. The maximum absolute atomic E-state index is 11.1. The molecule has 0 saturated carbocycles. The van der Waals surface area contributed by atoms with Crippen molar-refractivity contribution >= 4 is 6.09 Å². The van der Waals surface area contributed by atoms with Gasteiger partial charge < -0.3 is 4.74 Å². The molecule has 1 aliphatic heterocycles. The number of hydrogen-bond donors (Lipinski definition) is 0. The molecule has 0 aliphatic carbocycles. The fourth-order valence-corrected chi connectivity index (χ4v) is 1.99. The molecular formula is C15H25NO2. The molecule has 1 aliphatic rings. The first-order valence-electron chi connectivity index (χ1n) is 7.27. The molecule has 0 radical (unpaired) electrons. The zero-order valence-corrected chi connectivity index (χ0v) is 11.5. The van der Waals surface area contributed by atoms with Crippen LogP contribution in [0.1, 0.15) is 64.7 Å². The Morgan fingerprint density at radius 3 is 2.39 bits per heavy atom. The maximum Gasteiger partial charge on any atom is 0.421 e. The van der Waals surface area contributed by atoms with Gasteiger partial charge in [-0.05, 0) is 6.42 Å². The highest BCUT2D eigenvalue weighted by Crippen LogP contribution is 2.09. The van der Waals surface area contributed by atoms with E-state index in [-0.39, 0.29) is 6.09 Å². The van der Waals surface area contributed by atoms with Gasteiger partial charge in [-0.25, -0.2) is 9.69 Å². The summed E-state index contributed by atoms with van der Waals surface area (Å²) in [7, 11) is 0. The van der Waals surface area contributed by atoms with Crippen LogP contribution < -0.4 is 0 Å². The van der Waals surface area contributed by atoms with Crippen molar-refractivity contribution in [2.24, 2.45) is 0 Å². The number of hydrogen-bond acceptors (Lipinski definition) is 2. The van der Waals surface area contributed by atoms with Crippen molar-refractivity contribution in [3.63, 3.8) is 0 Å². The molecule has 1 fully saturated rings. The molecule has 0 spiro atoms. The zero-order valence-electron chi connectivity index (χ0n) is 11.5. The molecule has 0 aromatic rings. The van der Waals surface area contributed by atoms with E-state index in [2.05, 4.69) is 18.9 Å². The average Bonchev–Trinajstić information content (AvgIpc) is 2.77. The SMILES string of the molecule is CCCCCCCCCCC#CN1CCOC1=O. The van der Waals surface area contributed by atoms with Gasteiger partial charge in [-0.2, -0.15) is 0 Å². The fourth-order valence-electron chi connectivity index (χ4n) is 1.99. The van der Waals surface area contributed by atoms with Crippen LogP contribution in [0.4, 0.5) is 4.79 Å². The summed E-state index contributed by atoms with van der Waals surface area (Å²) < 4.78 is 4.79. The van der Waals surface area contributed by atoms with E-state index >= 15 is 0 Å². The van der Waals surface area contributed by atoms with Crippen molar-refractivity contribution < 1.29 is 9.53 Å². The largest absolute Gasteiger partial charge is 0.447 e. The van der Waals surface area contributed by atoms with Crippen molar-refractivity contribution in [1.82, 2.24) is 4.90 Å². The van der Waals surface area contributed by atoms with Crippen LogP contribution in [0.5, 0.6) is 0 Å². The first-order chi connectivity index (χ1) is 8.84. The molecule has 0 unspecified atom stereocenters. The van der Waals surface area contributed by atoms with E-state index in [1.54, 1.807) is 0 Å². The van der Waals surface area contributed by atoms with E-state index in [4.69, 9.17) is 4.74 Å². The van der Waals surface area contributed by atoms with Gasteiger partial charge in [0.1, 0.15) is 6.61 Å². The third kappa shape index (κ3) is 6.54. The molecule has 0 atom stereocenters. The lowest BCUT2D eigenvalue weighted by molar-refractivity contribution is 0.167. The Bertz CT molecular complexity index is 291. The zero-order chi connectivity index (χ0) is 13.1. The summed E-state index contributed by atoms with van der Waals surface area (Å²) in [4.78, 5) is 12.5. The molecule has 102 valence electrons. The molecule has 3 nitrogen and oxygen atoms in total. The topological polar surface area (TPSA) is 29.5 Å². The summed E-state index contributed by atoms with van der Waals surface area (Å²) in [5, 5.41) is 0. The molecular weight excluding hydrogens is 226 g/mol.